The first-order chi connectivity index (χ1) is 18.8. The number of fused-ring (bicyclic) bond motifs is 3. The van der Waals surface area contributed by atoms with Crippen LogP contribution in [0.2, 0.25) is 0 Å². The van der Waals surface area contributed by atoms with Gasteiger partial charge in [-0.25, -0.2) is 0 Å². The van der Waals surface area contributed by atoms with Crippen molar-refractivity contribution in [3.63, 3.8) is 0 Å². The average Bonchev–Trinajstić information content (AvgIpc) is 3.38. The Kier molecular flexibility index (Phi) is 5.73. The van der Waals surface area contributed by atoms with Gasteiger partial charge in [-0.2, -0.15) is 0 Å². The fourth-order valence-electron chi connectivity index (χ4n) is 5.24. The lowest BCUT2D eigenvalue weighted by molar-refractivity contribution is 1.28. The molecule has 0 atom stereocenters. The van der Waals surface area contributed by atoms with Crippen LogP contribution in [0.25, 0.3) is 42.4 Å². The smallest absolute Gasteiger partial charge is 0.0467 e. The molecule has 0 saturated heterocycles. The van der Waals surface area contributed by atoms with E-state index in [-0.39, 0.29) is 0 Å². The Morgan fingerprint density at radius 3 is 1.79 bits per heavy atom. The Morgan fingerprint density at radius 2 is 0.974 bits per heavy atom. The number of anilines is 3. The van der Waals surface area contributed by atoms with E-state index in [1.165, 1.54) is 42.4 Å². The summed E-state index contributed by atoms with van der Waals surface area (Å²) in [6.45, 7) is 0. The summed E-state index contributed by atoms with van der Waals surface area (Å²) in [6, 6.07) is 54.3. The highest BCUT2D eigenvalue weighted by atomic mass is 32.1. The second kappa shape index (κ2) is 9.66. The van der Waals surface area contributed by atoms with Crippen LogP contribution in [0.15, 0.2) is 152 Å². The van der Waals surface area contributed by atoms with Crippen LogP contribution in [-0.4, -0.2) is 0 Å². The van der Waals surface area contributed by atoms with Crippen molar-refractivity contribution in [2.24, 2.45) is 0 Å². The van der Waals surface area contributed by atoms with E-state index in [9.17, 15) is 0 Å². The van der Waals surface area contributed by atoms with Crippen molar-refractivity contribution in [2.75, 3.05) is 4.90 Å². The SMILES string of the molecule is c1ccc(-c2ccc(N(c3ccccc3)c3cccc(-c4cccc5c4sc4ccccc45)c3)cc2)cc1. The fraction of sp³-hybridized carbons (Fsp3) is 0. The van der Waals surface area contributed by atoms with Gasteiger partial charge in [-0.3, -0.25) is 0 Å². The van der Waals surface area contributed by atoms with Crippen LogP contribution >= 0.6 is 11.3 Å². The van der Waals surface area contributed by atoms with E-state index in [1.807, 2.05) is 11.3 Å². The third kappa shape index (κ3) is 4.06. The Bertz CT molecular complexity index is 1850. The van der Waals surface area contributed by atoms with Gasteiger partial charge in [-0.1, -0.05) is 109 Å². The lowest BCUT2D eigenvalue weighted by Gasteiger charge is -2.26. The minimum atomic E-state index is 1.13. The molecule has 180 valence electrons. The molecule has 38 heavy (non-hydrogen) atoms. The molecule has 0 aliphatic carbocycles. The molecule has 0 amide bonds. The second-order valence-corrected chi connectivity index (χ2v) is 10.5. The Labute approximate surface area is 226 Å². The number of para-hydroxylation sites is 1. The zero-order valence-electron chi connectivity index (χ0n) is 20.8. The topological polar surface area (TPSA) is 3.24 Å². The van der Waals surface area contributed by atoms with Gasteiger partial charge in [0.25, 0.3) is 0 Å². The quantitative estimate of drug-likeness (QED) is 0.226. The highest BCUT2D eigenvalue weighted by Crippen LogP contribution is 2.42. The molecule has 0 unspecified atom stereocenters. The first-order valence-electron chi connectivity index (χ1n) is 12.9. The molecule has 0 saturated carbocycles. The second-order valence-electron chi connectivity index (χ2n) is 9.41. The highest BCUT2D eigenvalue weighted by molar-refractivity contribution is 7.26. The standard InChI is InChI=1S/C36H25NS/c1-3-11-26(12-4-1)27-21-23-30(24-22-27)37(29-14-5-2-6-15-29)31-16-9-13-28(25-31)32-18-10-19-34-33-17-7-8-20-35(33)38-36(32)34/h1-25H. The molecule has 1 nitrogen and oxygen atoms in total. The maximum atomic E-state index is 2.34. The number of hydrogen-bond donors (Lipinski definition) is 0. The zero-order valence-corrected chi connectivity index (χ0v) is 21.6. The predicted octanol–water partition coefficient (Wildman–Crippen LogP) is 10.9. The van der Waals surface area contributed by atoms with Gasteiger partial charge in [0, 0.05) is 37.2 Å². The molecule has 0 fully saturated rings. The van der Waals surface area contributed by atoms with Crippen LogP contribution in [0, 0.1) is 0 Å². The number of benzene rings is 6. The van der Waals surface area contributed by atoms with Crippen molar-refractivity contribution in [3.8, 4) is 22.3 Å². The summed E-state index contributed by atoms with van der Waals surface area (Å²) in [5.74, 6) is 0. The summed E-state index contributed by atoms with van der Waals surface area (Å²) in [5.41, 5.74) is 8.35. The van der Waals surface area contributed by atoms with E-state index in [2.05, 4.69) is 157 Å². The van der Waals surface area contributed by atoms with Gasteiger partial charge in [-0.15, -0.1) is 11.3 Å². The van der Waals surface area contributed by atoms with Crippen molar-refractivity contribution in [2.45, 2.75) is 0 Å². The van der Waals surface area contributed by atoms with E-state index in [0.29, 0.717) is 0 Å². The largest absolute Gasteiger partial charge is 0.310 e. The van der Waals surface area contributed by atoms with Crippen LogP contribution in [0.3, 0.4) is 0 Å². The van der Waals surface area contributed by atoms with Gasteiger partial charge < -0.3 is 4.90 Å². The first-order valence-corrected chi connectivity index (χ1v) is 13.7. The summed E-state index contributed by atoms with van der Waals surface area (Å²) < 4.78 is 2.67. The van der Waals surface area contributed by atoms with Crippen LogP contribution in [0.4, 0.5) is 17.1 Å². The highest BCUT2D eigenvalue weighted by Gasteiger charge is 2.15. The molecule has 0 radical (unpaired) electrons. The lowest BCUT2D eigenvalue weighted by Crippen LogP contribution is -2.09. The van der Waals surface area contributed by atoms with Gasteiger partial charge >= 0.3 is 0 Å². The monoisotopic (exact) mass is 503 g/mol. The molecule has 0 spiro atoms. The Morgan fingerprint density at radius 1 is 0.395 bits per heavy atom. The van der Waals surface area contributed by atoms with Crippen LogP contribution in [0.1, 0.15) is 0 Å². The number of hydrogen-bond acceptors (Lipinski definition) is 2. The van der Waals surface area contributed by atoms with Crippen LogP contribution in [0.5, 0.6) is 0 Å². The zero-order chi connectivity index (χ0) is 25.3. The van der Waals surface area contributed by atoms with Gasteiger partial charge in [0.15, 0.2) is 0 Å². The summed E-state index contributed by atoms with van der Waals surface area (Å²) in [6.07, 6.45) is 0. The van der Waals surface area contributed by atoms with Gasteiger partial charge in [-0.05, 0) is 64.7 Å². The molecule has 0 bridgehead atoms. The Hall–Kier alpha value is -4.66. The van der Waals surface area contributed by atoms with E-state index < -0.39 is 0 Å². The van der Waals surface area contributed by atoms with Gasteiger partial charge in [0.1, 0.15) is 0 Å². The average molecular weight is 504 g/mol. The molecule has 7 rings (SSSR count). The number of thiophene rings is 1. The normalized spacial score (nSPS) is 11.2. The fourth-order valence-corrected chi connectivity index (χ4v) is 6.48. The third-order valence-electron chi connectivity index (χ3n) is 7.07. The van der Waals surface area contributed by atoms with E-state index in [4.69, 9.17) is 0 Å². The van der Waals surface area contributed by atoms with Gasteiger partial charge in [0.05, 0.1) is 0 Å². The molecule has 1 heterocycles. The van der Waals surface area contributed by atoms with Crippen molar-refractivity contribution < 1.29 is 0 Å². The minimum Gasteiger partial charge on any atom is -0.310 e. The van der Waals surface area contributed by atoms with Crippen molar-refractivity contribution in [1.82, 2.24) is 0 Å². The lowest BCUT2D eigenvalue weighted by atomic mass is 10.0. The maximum Gasteiger partial charge on any atom is 0.0467 e. The summed E-state index contributed by atoms with van der Waals surface area (Å²) in [4.78, 5) is 2.34. The summed E-state index contributed by atoms with van der Waals surface area (Å²) >= 11 is 1.88. The molecule has 0 aliphatic heterocycles. The van der Waals surface area contributed by atoms with E-state index >= 15 is 0 Å². The summed E-state index contributed by atoms with van der Waals surface area (Å²) in [7, 11) is 0. The molecular weight excluding hydrogens is 478 g/mol. The van der Waals surface area contributed by atoms with Crippen molar-refractivity contribution in [1.29, 1.82) is 0 Å². The van der Waals surface area contributed by atoms with Crippen molar-refractivity contribution in [3.05, 3.63) is 152 Å². The Balaban J connectivity index is 1.35. The van der Waals surface area contributed by atoms with Crippen LogP contribution in [-0.2, 0) is 0 Å². The molecule has 1 aromatic heterocycles. The van der Waals surface area contributed by atoms with Gasteiger partial charge in [0.2, 0.25) is 0 Å². The summed E-state index contributed by atoms with van der Waals surface area (Å²) in [5, 5.41) is 2.65. The molecular formula is C36H25NS. The van der Waals surface area contributed by atoms with E-state index in [0.717, 1.165) is 17.1 Å². The first kappa shape index (κ1) is 22.5. The van der Waals surface area contributed by atoms with E-state index in [1.54, 1.807) is 0 Å². The third-order valence-corrected chi connectivity index (χ3v) is 8.29. The molecule has 0 aliphatic rings. The van der Waals surface area contributed by atoms with Crippen molar-refractivity contribution >= 4 is 48.6 Å². The number of nitrogens with zero attached hydrogens (tertiary/aromatic N) is 1. The van der Waals surface area contributed by atoms with Crippen LogP contribution < -0.4 is 4.90 Å². The molecule has 6 aromatic carbocycles. The maximum absolute atomic E-state index is 2.34. The minimum absolute atomic E-state index is 1.13. The number of rotatable bonds is 5. The predicted molar refractivity (Wildman–Crippen MR) is 165 cm³/mol. The molecule has 2 heteroatoms. The molecule has 0 N–H and O–H groups in total. The molecule has 7 aromatic rings.